The van der Waals surface area contributed by atoms with Crippen molar-refractivity contribution in [2.45, 2.75) is 36.9 Å². The predicted molar refractivity (Wildman–Crippen MR) is 81.9 cm³/mol. The third-order valence-corrected chi connectivity index (χ3v) is 6.21. The zero-order valence-corrected chi connectivity index (χ0v) is 14.1. The molecule has 4 nitrogen and oxygen atoms in total. The van der Waals surface area contributed by atoms with E-state index in [0.29, 0.717) is 25.9 Å². The molecule has 1 heterocycles. The van der Waals surface area contributed by atoms with E-state index in [1.54, 1.807) is 6.92 Å². The molecule has 0 radical (unpaired) electrons. The van der Waals surface area contributed by atoms with Gasteiger partial charge in [0.25, 0.3) is 0 Å². The van der Waals surface area contributed by atoms with Gasteiger partial charge < -0.3 is 5.32 Å². The molecule has 2 rings (SSSR count). The lowest BCUT2D eigenvalue weighted by Crippen LogP contribution is -2.42. The second kappa shape index (κ2) is 6.96. The van der Waals surface area contributed by atoms with Crippen molar-refractivity contribution < 1.29 is 21.6 Å². The quantitative estimate of drug-likeness (QED) is 0.866. The summed E-state index contributed by atoms with van der Waals surface area (Å²) in [6.45, 7) is 2.99. The van der Waals surface area contributed by atoms with Crippen LogP contribution >= 0.6 is 11.6 Å². The van der Waals surface area contributed by atoms with E-state index in [0.717, 1.165) is 16.4 Å². The number of halogens is 4. The highest BCUT2D eigenvalue weighted by Crippen LogP contribution is 2.39. The largest absolute Gasteiger partial charge is 0.417 e. The molecular weight excluding hydrogens is 353 g/mol. The van der Waals surface area contributed by atoms with E-state index in [4.69, 9.17) is 11.6 Å². The zero-order valence-electron chi connectivity index (χ0n) is 12.5. The summed E-state index contributed by atoms with van der Waals surface area (Å²) >= 11 is 5.85. The van der Waals surface area contributed by atoms with Crippen molar-refractivity contribution in [1.29, 1.82) is 0 Å². The van der Waals surface area contributed by atoms with E-state index in [-0.39, 0.29) is 12.6 Å². The highest BCUT2D eigenvalue weighted by molar-refractivity contribution is 7.89. The van der Waals surface area contributed by atoms with E-state index >= 15 is 0 Å². The van der Waals surface area contributed by atoms with Crippen LogP contribution in [0.15, 0.2) is 23.1 Å². The van der Waals surface area contributed by atoms with Crippen LogP contribution in [0.4, 0.5) is 13.2 Å². The lowest BCUT2D eigenvalue weighted by molar-refractivity contribution is -0.139. The Labute approximate surface area is 138 Å². The van der Waals surface area contributed by atoms with Crippen molar-refractivity contribution in [2.75, 3.05) is 19.6 Å². The van der Waals surface area contributed by atoms with Crippen molar-refractivity contribution in [2.24, 2.45) is 0 Å². The minimum atomic E-state index is -4.79. The molecule has 0 amide bonds. The second-order valence-corrected chi connectivity index (χ2v) is 7.61. The van der Waals surface area contributed by atoms with E-state index < -0.39 is 31.7 Å². The number of nitrogens with one attached hydrogen (secondary N) is 1. The fourth-order valence-corrected chi connectivity index (χ4v) is 5.19. The van der Waals surface area contributed by atoms with Crippen molar-refractivity contribution >= 4 is 21.6 Å². The minimum absolute atomic E-state index is 0.150. The van der Waals surface area contributed by atoms with Crippen LogP contribution in [-0.4, -0.2) is 38.4 Å². The molecule has 0 aromatic heterocycles. The molecule has 130 valence electrons. The Kier molecular flexibility index (Phi) is 5.60. The van der Waals surface area contributed by atoms with Gasteiger partial charge in [0.2, 0.25) is 10.0 Å². The number of nitrogens with zero attached hydrogens (tertiary/aromatic N) is 1. The fraction of sp³-hybridized carbons (Fsp3) is 0.571. The Hall–Kier alpha value is -0.830. The number of rotatable bonds is 5. The summed E-state index contributed by atoms with van der Waals surface area (Å²) in [4.78, 5) is -0.852. The van der Waals surface area contributed by atoms with Crippen molar-refractivity contribution in [3.8, 4) is 0 Å². The molecule has 1 aliphatic rings. The summed E-state index contributed by atoms with van der Waals surface area (Å²) in [5.74, 6) is 0. The Morgan fingerprint density at radius 2 is 2.09 bits per heavy atom. The molecule has 1 atom stereocenters. The van der Waals surface area contributed by atoms with Gasteiger partial charge in [0.15, 0.2) is 0 Å². The van der Waals surface area contributed by atoms with Gasteiger partial charge in [0.1, 0.15) is 4.90 Å². The van der Waals surface area contributed by atoms with Crippen LogP contribution in [0.1, 0.15) is 25.3 Å². The molecule has 1 saturated heterocycles. The third kappa shape index (κ3) is 3.81. The van der Waals surface area contributed by atoms with Gasteiger partial charge >= 0.3 is 6.18 Å². The fourth-order valence-electron chi connectivity index (χ4n) is 2.72. The standard InChI is InChI=1S/C14H18ClF3N2O2S/c1-2-8-20(10-6-7-19-9-10)23(21,22)13-11(14(16,17)18)4-3-5-12(13)15/h3-5,10,19H,2,6-9H2,1H3. The van der Waals surface area contributed by atoms with Crippen LogP contribution in [0, 0.1) is 0 Å². The molecule has 0 saturated carbocycles. The van der Waals surface area contributed by atoms with Crippen LogP contribution in [-0.2, 0) is 16.2 Å². The molecule has 0 spiro atoms. The maximum atomic E-state index is 13.2. The zero-order chi connectivity index (χ0) is 17.3. The van der Waals surface area contributed by atoms with E-state index in [9.17, 15) is 21.6 Å². The average Bonchev–Trinajstić information content (AvgIpc) is 2.96. The summed E-state index contributed by atoms with van der Waals surface area (Å²) in [5.41, 5.74) is -1.22. The van der Waals surface area contributed by atoms with Gasteiger partial charge in [-0.2, -0.15) is 17.5 Å². The van der Waals surface area contributed by atoms with Crippen LogP contribution in [0.5, 0.6) is 0 Å². The molecule has 0 aliphatic carbocycles. The van der Waals surface area contributed by atoms with Crippen molar-refractivity contribution in [3.05, 3.63) is 28.8 Å². The van der Waals surface area contributed by atoms with E-state index in [1.165, 1.54) is 6.07 Å². The molecule has 23 heavy (non-hydrogen) atoms. The van der Waals surface area contributed by atoms with E-state index in [1.807, 2.05) is 0 Å². The average molecular weight is 371 g/mol. The molecule has 1 aromatic rings. The van der Waals surface area contributed by atoms with E-state index in [2.05, 4.69) is 5.32 Å². The van der Waals surface area contributed by atoms with Gasteiger partial charge in [-0.1, -0.05) is 24.6 Å². The van der Waals surface area contributed by atoms with Gasteiger partial charge in [0, 0.05) is 19.1 Å². The Morgan fingerprint density at radius 1 is 1.39 bits per heavy atom. The van der Waals surface area contributed by atoms with Gasteiger partial charge in [-0.3, -0.25) is 0 Å². The molecule has 1 fully saturated rings. The molecular formula is C14H18ClF3N2O2S. The van der Waals surface area contributed by atoms with Gasteiger partial charge in [-0.15, -0.1) is 0 Å². The summed E-state index contributed by atoms with van der Waals surface area (Å²) in [7, 11) is -4.35. The third-order valence-electron chi connectivity index (χ3n) is 3.72. The molecule has 1 aromatic carbocycles. The number of benzene rings is 1. The highest BCUT2D eigenvalue weighted by Gasteiger charge is 2.42. The Morgan fingerprint density at radius 3 is 2.61 bits per heavy atom. The summed E-state index contributed by atoms with van der Waals surface area (Å²) in [6.07, 6.45) is -3.73. The first kappa shape index (κ1) is 18.5. The number of hydrogen-bond donors (Lipinski definition) is 1. The SMILES string of the molecule is CCCN(C1CCNC1)S(=O)(=O)c1c(Cl)cccc1C(F)(F)F. The maximum Gasteiger partial charge on any atom is 0.417 e. The molecule has 0 bridgehead atoms. The molecule has 1 unspecified atom stereocenters. The lowest BCUT2D eigenvalue weighted by Gasteiger charge is -2.28. The van der Waals surface area contributed by atoms with Crippen LogP contribution < -0.4 is 5.32 Å². The summed E-state index contributed by atoms with van der Waals surface area (Å²) < 4.78 is 66.7. The van der Waals surface area contributed by atoms with Crippen LogP contribution in [0.3, 0.4) is 0 Å². The van der Waals surface area contributed by atoms with Gasteiger partial charge in [-0.05, 0) is 31.5 Å². The molecule has 1 N–H and O–H groups in total. The Balaban J connectivity index is 2.57. The van der Waals surface area contributed by atoms with Gasteiger partial charge in [-0.25, -0.2) is 8.42 Å². The van der Waals surface area contributed by atoms with Crippen molar-refractivity contribution in [1.82, 2.24) is 9.62 Å². The Bertz CT molecular complexity index is 658. The normalized spacial score (nSPS) is 19.5. The summed E-state index contributed by atoms with van der Waals surface area (Å²) in [6, 6.07) is 2.65. The topological polar surface area (TPSA) is 49.4 Å². The van der Waals surface area contributed by atoms with Crippen LogP contribution in [0.2, 0.25) is 5.02 Å². The first-order chi connectivity index (χ1) is 10.7. The van der Waals surface area contributed by atoms with Gasteiger partial charge in [0.05, 0.1) is 10.6 Å². The molecule has 1 aliphatic heterocycles. The smallest absolute Gasteiger partial charge is 0.315 e. The predicted octanol–water partition coefficient (Wildman–Crippen LogP) is 3.12. The minimum Gasteiger partial charge on any atom is -0.315 e. The first-order valence-electron chi connectivity index (χ1n) is 7.28. The second-order valence-electron chi connectivity index (χ2n) is 5.38. The number of sulfonamides is 1. The highest BCUT2D eigenvalue weighted by atomic mass is 35.5. The van der Waals surface area contributed by atoms with Crippen LogP contribution in [0.25, 0.3) is 0 Å². The molecule has 9 heteroatoms. The summed E-state index contributed by atoms with van der Waals surface area (Å²) in [5, 5.41) is 2.62. The first-order valence-corrected chi connectivity index (χ1v) is 9.09. The van der Waals surface area contributed by atoms with Crippen molar-refractivity contribution in [3.63, 3.8) is 0 Å². The lowest BCUT2D eigenvalue weighted by atomic mass is 10.2. The maximum absolute atomic E-state index is 13.2. The monoisotopic (exact) mass is 370 g/mol. The number of hydrogen-bond acceptors (Lipinski definition) is 3. The number of alkyl halides is 3.